The average Bonchev–Trinajstić information content (AvgIpc) is 2.75. The summed E-state index contributed by atoms with van der Waals surface area (Å²) >= 11 is 0. The van der Waals surface area contributed by atoms with E-state index >= 15 is 0 Å². The molecule has 1 fully saturated rings. The Kier molecular flexibility index (Phi) is 2.12. The molecular formula is C9H11N3O5. The van der Waals surface area contributed by atoms with E-state index in [4.69, 9.17) is 20.3 Å². The second-order valence-corrected chi connectivity index (χ2v) is 3.99. The number of aliphatic hydroxyl groups is 2. The van der Waals surface area contributed by atoms with Gasteiger partial charge in [-0.15, -0.1) is 0 Å². The summed E-state index contributed by atoms with van der Waals surface area (Å²) in [4.78, 5) is 15.2. The van der Waals surface area contributed by atoms with Crippen molar-refractivity contribution >= 4 is 5.82 Å². The van der Waals surface area contributed by atoms with Crippen molar-refractivity contribution in [3.63, 3.8) is 0 Å². The highest BCUT2D eigenvalue weighted by Gasteiger charge is 2.51. The van der Waals surface area contributed by atoms with Gasteiger partial charge in [-0.2, -0.15) is 4.98 Å². The summed E-state index contributed by atoms with van der Waals surface area (Å²) in [5.41, 5.74) is 4.82. The lowest BCUT2D eigenvalue weighted by Crippen LogP contribution is -2.34. The summed E-state index contributed by atoms with van der Waals surface area (Å²) in [5.74, 6) is 0.266. The smallest absolute Gasteiger partial charge is 0.354 e. The number of hydrogen-bond acceptors (Lipinski definition) is 7. The maximum atomic E-state index is 11.6. The van der Waals surface area contributed by atoms with Crippen LogP contribution < -0.4 is 16.2 Å². The lowest BCUT2D eigenvalue weighted by molar-refractivity contribution is -0.0444. The van der Waals surface area contributed by atoms with Crippen LogP contribution in [-0.2, 0) is 4.74 Å². The molecule has 17 heavy (non-hydrogen) atoms. The van der Waals surface area contributed by atoms with Crippen molar-refractivity contribution in [1.82, 2.24) is 9.55 Å². The Morgan fingerprint density at radius 2 is 2.35 bits per heavy atom. The van der Waals surface area contributed by atoms with Crippen LogP contribution in [-0.4, -0.2) is 44.7 Å². The monoisotopic (exact) mass is 241 g/mol. The van der Waals surface area contributed by atoms with Gasteiger partial charge in [0.15, 0.2) is 12.3 Å². The van der Waals surface area contributed by atoms with Gasteiger partial charge in [0.1, 0.15) is 18.0 Å². The summed E-state index contributed by atoms with van der Waals surface area (Å²) in [5, 5.41) is 18.8. The third-order valence-electron chi connectivity index (χ3n) is 2.94. The Morgan fingerprint density at radius 3 is 3.06 bits per heavy atom. The number of nitrogens with two attached hydrogens (primary N) is 1. The first-order valence-corrected chi connectivity index (χ1v) is 5.12. The summed E-state index contributed by atoms with van der Waals surface area (Å²) in [6.45, 7) is -0.343. The highest BCUT2D eigenvalue weighted by Crippen LogP contribution is 2.39. The number of ether oxygens (including phenoxy) is 2. The number of aliphatic hydroxyl groups excluding tert-OH is 2. The van der Waals surface area contributed by atoms with E-state index < -0.39 is 30.2 Å². The molecule has 1 aromatic heterocycles. The fourth-order valence-corrected chi connectivity index (χ4v) is 2.16. The Labute approximate surface area is 95.2 Å². The van der Waals surface area contributed by atoms with Gasteiger partial charge in [-0.25, -0.2) is 9.36 Å². The Balaban J connectivity index is 2.05. The first-order chi connectivity index (χ1) is 8.11. The molecule has 0 amide bonds. The van der Waals surface area contributed by atoms with E-state index in [0.29, 0.717) is 0 Å². The van der Waals surface area contributed by atoms with Gasteiger partial charge in [0, 0.05) is 6.07 Å². The SMILES string of the molecule is Nc1cc2n(c(=O)n1)[C@@H]1O[C@H](CO)[C@@H](O)[C@@H]1O2. The molecular weight excluding hydrogens is 230 g/mol. The quantitative estimate of drug-likeness (QED) is 0.512. The molecule has 4 atom stereocenters. The fourth-order valence-electron chi connectivity index (χ4n) is 2.16. The normalized spacial score (nSPS) is 34.2. The zero-order valence-electron chi connectivity index (χ0n) is 8.68. The summed E-state index contributed by atoms with van der Waals surface area (Å²) in [6, 6.07) is 1.39. The summed E-state index contributed by atoms with van der Waals surface area (Å²) in [6.07, 6.45) is -3.24. The van der Waals surface area contributed by atoms with Gasteiger partial charge in [-0.05, 0) is 0 Å². The average molecular weight is 241 g/mol. The maximum Gasteiger partial charge on any atom is 0.354 e. The van der Waals surface area contributed by atoms with Gasteiger partial charge in [-0.1, -0.05) is 0 Å². The van der Waals surface area contributed by atoms with E-state index in [1.165, 1.54) is 10.6 Å². The van der Waals surface area contributed by atoms with E-state index in [-0.39, 0.29) is 18.3 Å². The third-order valence-corrected chi connectivity index (χ3v) is 2.94. The molecule has 0 radical (unpaired) electrons. The second kappa shape index (κ2) is 3.42. The second-order valence-electron chi connectivity index (χ2n) is 3.99. The van der Waals surface area contributed by atoms with Gasteiger partial charge >= 0.3 is 5.69 Å². The zero-order valence-corrected chi connectivity index (χ0v) is 8.68. The van der Waals surface area contributed by atoms with Crippen molar-refractivity contribution in [3.8, 4) is 5.88 Å². The standard InChI is InChI=1S/C9H11N3O5/c10-4-1-5-12(9(15)11-4)8-7(17-5)6(14)3(2-13)16-8/h1,3,6-8,13-14H,2H2,(H2,10,11,15)/t3-,6-,7+,8-/m1/s1. The van der Waals surface area contributed by atoms with Crippen LogP contribution in [0.2, 0.25) is 0 Å². The molecule has 0 aromatic carbocycles. The topological polar surface area (TPSA) is 120 Å². The minimum absolute atomic E-state index is 0.0504. The van der Waals surface area contributed by atoms with Crippen LogP contribution in [0.15, 0.2) is 10.9 Å². The molecule has 3 rings (SSSR count). The van der Waals surface area contributed by atoms with Crippen LogP contribution in [0, 0.1) is 0 Å². The van der Waals surface area contributed by atoms with Crippen LogP contribution in [0.25, 0.3) is 0 Å². The highest BCUT2D eigenvalue weighted by atomic mass is 16.6. The number of nitrogens with zero attached hydrogens (tertiary/aromatic N) is 2. The van der Waals surface area contributed by atoms with Crippen molar-refractivity contribution in [2.75, 3.05) is 12.3 Å². The first-order valence-electron chi connectivity index (χ1n) is 5.12. The van der Waals surface area contributed by atoms with Crippen LogP contribution in [0.4, 0.5) is 5.82 Å². The summed E-state index contributed by atoms with van der Waals surface area (Å²) < 4.78 is 11.9. The van der Waals surface area contributed by atoms with Gasteiger partial charge in [0.05, 0.1) is 6.61 Å². The molecule has 0 aliphatic carbocycles. The predicted octanol–water partition coefficient (Wildman–Crippen LogP) is -2.16. The van der Waals surface area contributed by atoms with Gasteiger partial charge in [-0.3, -0.25) is 0 Å². The van der Waals surface area contributed by atoms with Crippen molar-refractivity contribution in [1.29, 1.82) is 0 Å². The Hall–Kier alpha value is -1.64. The van der Waals surface area contributed by atoms with Crippen molar-refractivity contribution in [3.05, 3.63) is 16.6 Å². The number of rotatable bonds is 1. The molecule has 0 spiro atoms. The molecule has 0 bridgehead atoms. The Bertz CT molecular complexity index is 516. The van der Waals surface area contributed by atoms with Crippen LogP contribution in [0.3, 0.4) is 0 Å². The van der Waals surface area contributed by atoms with Crippen LogP contribution in [0.1, 0.15) is 6.23 Å². The number of hydrogen-bond donors (Lipinski definition) is 3. The van der Waals surface area contributed by atoms with Crippen LogP contribution in [0.5, 0.6) is 5.88 Å². The van der Waals surface area contributed by atoms with Crippen molar-refractivity contribution in [2.45, 2.75) is 24.5 Å². The third kappa shape index (κ3) is 1.35. The number of fused-ring (bicyclic) bond motifs is 3. The number of aromatic nitrogens is 2. The minimum atomic E-state index is -0.995. The molecule has 1 aromatic rings. The van der Waals surface area contributed by atoms with Gasteiger partial charge in [0.25, 0.3) is 0 Å². The molecule has 2 aliphatic heterocycles. The van der Waals surface area contributed by atoms with Gasteiger partial charge < -0.3 is 25.4 Å². The van der Waals surface area contributed by atoms with E-state index in [2.05, 4.69) is 4.98 Å². The first kappa shape index (κ1) is 10.5. The summed E-state index contributed by atoms with van der Waals surface area (Å²) in [7, 11) is 0. The van der Waals surface area contributed by atoms with Crippen molar-refractivity contribution in [2.24, 2.45) is 0 Å². The molecule has 92 valence electrons. The van der Waals surface area contributed by atoms with Crippen LogP contribution >= 0.6 is 0 Å². The van der Waals surface area contributed by atoms with Gasteiger partial charge in [0.2, 0.25) is 5.88 Å². The molecule has 0 saturated carbocycles. The molecule has 8 nitrogen and oxygen atoms in total. The molecule has 3 heterocycles. The molecule has 0 unspecified atom stereocenters. The van der Waals surface area contributed by atoms with Crippen molar-refractivity contribution < 1.29 is 19.7 Å². The minimum Gasteiger partial charge on any atom is -0.468 e. The number of nitrogen functional groups attached to an aromatic ring is 1. The maximum absolute atomic E-state index is 11.6. The molecule has 1 saturated heterocycles. The lowest BCUT2D eigenvalue weighted by atomic mass is 10.1. The lowest BCUT2D eigenvalue weighted by Gasteiger charge is -2.14. The van der Waals surface area contributed by atoms with E-state index in [1.54, 1.807) is 0 Å². The number of anilines is 1. The van der Waals surface area contributed by atoms with E-state index in [0.717, 1.165) is 0 Å². The zero-order chi connectivity index (χ0) is 12.2. The predicted molar refractivity (Wildman–Crippen MR) is 54.3 cm³/mol. The van der Waals surface area contributed by atoms with E-state index in [1.807, 2.05) is 0 Å². The highest BCUT2D eigenvalue weighted by molar-refractivity contribution is 5.34. The molecule has 4 N–H and O–H groups in total. The Morgan fingerprint density at radius 1 is 1.59 bits per heavy atom. The fraction of sp³-hybridized carbons (Fsp3) is 0.556. The van der Waals surface area contributed by atoms with E-state index in [9.17, 15) is 9.90 Å². The largest absolute Gasteiger partial charge is 0.468 e. The molecule has 2 aliphatic rings. The molecule has 8 heteroatoms.